The second-order valence-electron chi connectivity index (χ2n) is 15.1. The van der Waals surface area contributed by atoms with Crippen molar-refractivity contribution in [2.45, 2.75) is 158 Å². The highest BCUT2D eigenvalue weighted by Gasteiger charge is 2.29. The van der Waals surface area contributed by atoms with Crippen molar-refractivity contribution in [1.82, 2.24) is 0 Å². The molecule has 57 heavy (non-hydrogen) atoms. The zero-order valence-corrected chi connectivity index (χ0v) is 35.7. The normalized spacial score (nSPS) is 13.4. The maximum atomic E-state index is 14.7. The minimum atomic E-state index is -0.723. The van der Waals surface area contributed by atoms with Gasteiger partial charge in [-0.2, -0.15) is 0 Å². The average molecular weight is 791 g/mol. The Bertz CT molecular complexity index is 1810. The van der Waals surface area contributed by atoms with Crippen LogP contribution in [-0.4, -0.2) is 23.9 Å². The smallest absolute Gasteiger partial charge is 0.314 e. The molecule has 0 radical (unpaired) electrons. The lowest BCUT2D eigenvalue weighted by Gasteiger charge is -2.18. The summed E-state index contributed by atoms with van der Waals surface area (Å²) in [6, 6.07) is 9.22. The number of hydrogen-bond donors (Lipinski definition) is 0. The van der Waals surface area contributed by atoms with E-state index in [0.29, 0.717) is 56.3 Å². The van der Waals surface area contributed by atoms with E-state index >= 15 is 0 Å². The molecular weight excluding hydrogens is 725 g/mol. The van der Waals surface area contributed by atoms with E-state index in [1.807, 2.05) is 41.5 Å². The molecule has 0 aliphatic rings. The Labute approximate surface area is 339 Å². The summed E-state index contributed by atoms with van der Waals surface area (Å²) in [6.07, 6.45) is 12.0. The van der Waals surface area contributed by atoms with Gasteiger partial charge in [0.15, 0.2) is 5.76 Å². The van der Waals surface area contributed by atoms with E-state index in [1.165, 1.54) is 12.1 Å². The molecule has 0 aliphatic carbocycles. The first kappa shape index (κ1) is 46.9. The molecule has 2 aromatic carbocycles. The van der Waals surface area contributed by atoms with E-state index < -0.39 is 35.2 Å². The molecular formula is C47H66O10. The molecule has 314 valence electrons. The van der Waals surface area contributed by atoms with E-state index in [9.17, 15) is 24.0 Å². The van der Waals surface area contributed by atoms with E-state index in [-0.39, 0.29) is 51.8 Å². The van der Waals surface area contributed by atoms with Crippen molar-refractivity contribution < 1.29 is 42.5 Å². The standard InChI is InChI=1S/C47H66O10/c1-9-17-21-31(13-5)44(49)53-36-27-25-35(26-28-36)42-43(57-47(52)34(16-8)24-20-12-4)41(48)40-38(55-42)29-37(54-45(50)32(14-6)22-18-10-2)30-39(40)56-46(51)33(15-7)23-19-11-3/h25-34H,9-24H2,1-8H3. The van der Waals surface area contributed by atoms with Crippen molar-refractivity contribution in [3.63, 3.8) is 0 Å². The summed E-state index contributed by atoms with van der Waals surface area (Å²) in [6.45, 7) is 15.9. The van der Waals surface area contributed by atoms with Crippen molar-refractivity contribution in [1.29, 1.82) is 0 Å². The zero-order valence-electron chi connectivity index (χ0n) is 35.7. The van der Waals surface area contributed by atoms with Gasteiger partial charge in [-0.3, -0.25) is 24.0 Å². The highest BCUT2D eigenvalue weighted by Crippen LogP contribution is 2.38. The number of benzene rings is 2. The van der Waals surface area contributed by atoms with Crippen LogP contribution < -0.4 is 24.4 Å². The van der Waals surface area contributed by atoms with Gasteiger partial charge in [-0.25, -0.2) is 0 Å². The van der Waals surface area contributed by atoms with Gasteiger partial charge in [0.2, 0.25) is 11.2 Å². The number of unbranched alkanes of at least 4 members (excludes halogenated alkanes) is 4. The maximum absolute atomic E-state index is 14.7. The summed E-state index contributed by atoms with van der Waals surface area (Å²) in [4.78, 5) is 68.4. The van der Waals surface area contributed by atoms with Crippen molar-refractivity contribution in [3.8, 4) is 34.3 Å². The van der Waals surface area contributed by atoms with Crippen molar-refractivity contribution in [2.24, 2.45) is 23.7 Å². The lowest BCUT2D eigenvalue weighted by molar-refractivity contribution is -0.140. The van der Waals surface area contributed by atoms with E-state index in [4.69, 9.17) is 23.4 Å². The van der Waals surface area contributed by atoms with E-state index in [1.54, 1.807) is 24.3 Å². The molecule has 0 fully saturated rings. The zero-order chi connectivity index (χ0) is 41.9. The van der Waals surface area contributed by atoms with Crippen LogP contribution in [0.3, 0.4) is 0 Å². The molecule has 4 unspecified atom stereocenters. The molecule has 10 heteroatoms. The van der Waals surface area contributed by atoms with Crippen molar-refractivity contribution in [2.75, 3.05) is 0 Å². The highest BCUT2D eigenvalue weighted by molar-refractivity contribution is 5.92. The van der Waals surface area contributed by atoms with Gasteiger partial charge in [-0.15, -0.1) is 0 Å². The molecule has 1 aromatic heterocycles. The van der Waals surface area contributed by atoms with Gasteiger partial charge in [0.05, 0.1) is 23.7 Å². The maximum Gasteiger partial charge on any atom is 0.314 e. The second kappa shape index (κ2) is 24.3. The number of rotatable bonds is 25. The van der Waals surface area contributed by atoms with Crippen LogP contribution in [0.5, 0.6) is 23.0 Å². The fourth-order valence-corrected chi connectivity index (χ4v) is 6.87. The molecule has 0 amide bonds. The SMILES string of the molecule is CCCCC(CC)C(=O)Oc1ccc(-c2oc3cc(OC(=O)C(CC)CCCC)cc(OC(=O)C(CC)CCCC)c3c(=O)c2OC(=O)C(CC)CCCC)cc1. The number of carbonyl (C=O) groups is 4. The number of carbonyl (C=O) groups excluding carboxylic acids is 4. The summed E-state index contributed by atoms with van der Waals surface area (Å²) in [5.41, 5.74) is -0.381. The van der Waals surface area contributed by atoms with Gasteiger partial charge in [0, 0.05) is 17.7 Å². The Morgan fingerprint density at radius 1 is 0.526 bits per heavy atom. The van der Waals surface area contributed by atoms with E-state index in [0.717, 1.165) is 57.8 Å². The van der Waals surface area contributed by atoms with Crippen molar-refractivity contribution in [3.05, 3.63) is 46.6 Å². The largest absolute Gasteiger partial charge is 0.452 e. The third kappa shape index (κ3) is 13.3. The topological polar surface area (TPSA) is 135 Å². The molecule has 0 aliphatic heterocycles. The van der Waals surface area contributed by atoms with Crippen LogP contribution in [0.15, 0.2) is 45.6 Å². The minimum Gasteiger partial charge on any atom is -0.452 e. The van der Waals surface area contributed by atoms with Crippen LogP contribution in [0.4, 0.5) is 0 Å². The monoisotopic (exact) mass is 790 g/mol. The second-order valence-corrected chi connectivity index (χ2v) is 15.1. The summed E-state index contributed by atoms with van der Waals surface area (Å²) in [7, 11) is 0. The first-order valence-corrected chi connectivity index (χ1v) is 21.6. The average Bonchev–Trinajstić information content (AvgIpc) is 3.20. The molecule has 0 bridgehead atoms. The first-order valence-electron chi connectivity index (χ1n) is 21.6. The summed E-state index contributed by atoms with van der Waals surface area (Å²) in [5.74, 6) is -3.50. The van der Waals surface area contributed by atoms with Gasteiger partial charge >= 0.3 is 23.9 Å². The number of hydrogen-bond acceptors (Lipinski definition) is 10. The fourth-order valence-electron chi connectivity index (χ4n) is 6.87. The number of ether oxygens (including phenoxy) is 4. The Morgan fingerprint density at radius 3 is 1.35 bits per heavy atom. The molecule has 0 N–H and O–H groups in total. The summed E-state index contributed by atoms with van der Waals surface area (Å²) >= 11 is 0. The predicted octanol–water partition coefficient (Wildman–Crippen LogP) is 11.9. The van der Waals surface area contributed by atoms with Gasteiger partial charge in [-0.05, 0) is 75.6 Å². The van der Waals surface area contributed by atoms with Crippen LogP contribution in [0.1, 0.15) is 158 Å². The van der Waals surface area contributed by atoms with Crippen LogP contribution >= 0.6 is 0 Å². The summed E-state index contributed by atoms with van der Waals surface area (Å²) < 4.78 is 30.0. The third-order valence-electron chi connectivity index (χ3n) is 10.8. The van der Waals surface area contributed by atoms with Crippen LogP contribution in [0, 0.1) is 23.7 Å². The van der Waals surface area contributed by atoms with Gasteiger partial charge in [-0.1, -0.05) is 107 Å². The fraction of sp³-hybridized carbons (Fsp3) is 0.596. The lowest BCUT2D eigenvalue weighted by Crippen LogP contribution is -2.24. The Balaban J connectivity index is 2.26. The molecule has 3 aromatic rings. The van der Waals surface area contributed by atoms with Gasteiger partial charge in [0.1, 0.15) is 28.2 Å². The molecule has 0 saturated heterocycles. The van der Waals surface area contributed by atoms with Crippen LogP contribution in [-0.2, 0) is 19.2 Å². The molecule has 1 heterocycles. The van der Waals surface area contributed by atoms with Crippen molar-refractivity contribution >= 4 is 34.8 Å². The Kier molecular flexibility index (Phi) is 20.0. The highest BCUT2D eigenvalue weighted by atomic mass is 16.6. The Morgan fingerprint density at radius 2 is 0.930 bits per heavy atom. The first-order chi connectivity index (χ1) is 27.5. The number of esters is 4. The minimum absolute atomic E-state index is 0.0265. The quantitative estimate of drug-likeness (QED) is 0.0602. The molecule has 3 rings (SSSR count). The molecule has 0 saturated carbocycles. The van der Waals surface area contributed by atoms with Gasteiger partial charge in [0.25, 0.3) is 0 Å². The van der Waals surface area contributed by atoms with Gasteiger partial charge < -0.3 is 23.4 Å². The molecule has 0 spiro atoms. The predicted molar refractivity (Wildman–Crippen MR) is 224 cm³/mol. The number of fused-ring (bicyclic) bond motifs is 1. The van der Waals surface area contributed by atoms with Crippen LogP contribution in [0.2, 0.25) is 0 Å². The van der Waals surface area contributed by atoms with Crippen LogP contribution in [0.25, 0.3) is 22.3 Å². The molecule has 10 nitrogen and oxygen atoms in total. The lowest BCUT2D eigenvalue weighted by atomic mass is 9.99. The Hall–Kier alpha value is -4.47. The third-order valence-corrected chi connectivity index (χ3v) is 10.8. The molecule has 4 atom stereocenters. The summed E-state index contributed by atoms with van der Waals surface area (Å²) in [5, 5.41) is -0.122. The van der Waals surface area contributed by atoms with E-state index in [2.05, 4.69) is 13.8 Å².